The fraction of sp³-hybridized carbons (Fsp3) is 0.118. The van der Waals surface area contributed by atoms with Crippen LogP contribution in [-0.2, 0) is 17.5 Å². The van der Waals surface area contributed by atoms with Gasteiger partial charge in [-0.2, -0.15) is 13.2 Å². The normalized spacial score (nSPS) is 12.1. The Morgan fingerprint density at radius 3 is 2.57 bits per heavy atom. The number of alkyl halides is 3. The summed E-state index contributed by atoms with van der Waals surface area (Å²) < 4.78 is 40.0. The predicted octanol–water partition coefficient (Wildman–Crippen LogP) is 5.04. The van der Waals surface area contributed by atoms with Gasteiger partial charge in [0.05, 0.1) is 17.1 Å². The molecule has 0 fully saturated rings. The highest BCUT2D eigenvalue weighted by atomic mass is 35.5. The second-order valence-electron chi connectivity index (χ2n) is 5.60. The molecule has 0 radical (unpaired) electrons. The lowest BCUT2D eigenvalue weighted by Crippen LogP contribution is -2.22. The van der Waals surface area contributed by atoms with E-state index in [2.05, 4.69) is 15.5 Å². The molecular formula is C17H10Cl3F3N4O. The van der Waals surface area contributed by atoms with Crippen molar-refractivity contribution in [3.05, 3.63) is 68.6 Å². The molecule has 1 aromatic carbocycles. The Hall–Kier alpha value is -2.29. The fourth-order valence-corrected chi connectivity index (χ4v) is 3.02. The van der Waals surface area contributed by atoms with Crippen molar-refractivity contribution in [3.63, 3.8) is 0 Å². The molecule has 2 heterocycles. The average Bonchev–Trinajstić information content (AvgIpc) is 3.02. The van der Waals surface area contributed by atoms with Gasteiger partial charge in [0.25, 0.3) is 0 Å². The first-order valence-electron chi connectivity index (χ1n) is 7.66. The number of aromatic nitrogens is 3. The number of amides is 1. The van der Waals surface area contributed by atoms with E-state index in [9.17, 15) is 18.0 Å². The van der Waals surface area contributed by atoms with Crippen molar-refractivity contribution < 1.29 is 18.0 Å². The van der Waals surface area contributed by atoms with E-state index >= 15 is 0 Å². The Morgan fingerprint density at radius 1 is 1.14 bits per heavy atom. The van der Waals surface area contributed by atoms with E-state index in [1.54, 1.807) is 12.1 Å². The zero-order valence-electron chi connectivity index (χ0n) is 13.8. The maximum atomic E-state index is 13.0. The number of halogens is 6. The average molecular weight is 450 g/mol. The standard InChI is InChI=1S/C17H10Cl3F3N4O/c18-11-3-1-9(12(19)6-11)2-4-15(28)24-7-14-25-26-16-13(20)5-10(8-27(14)16)17(21,22)23/h1-6,8H,7H2,(H,24,28)/b4-2+. The Morgan fingerprint density at radius 2 is 1.89 bits per heavy atom. The van der Waals surface area contributed by atoms with E-state index in [-0.39, 0.29) is 23.0 Å². The summed E-state index contributed by atoms with van der Waals surface area (Å²) in [7, 11) is 0. The van der Waals surface area contributed by atoms with Crippen LogP contribution in [0.5, 0.6) is 0 Å². The molecule has 11 heteroatoms. The first-order chi connectivity index (χ1) is 13.1. The van der Waals surface area contributed by atoms with Crippen molar-refractivity contribution in [2.75, 3.05) is 0 Å². The van der Waals surface area contributed by atoms with Crippen LogP contribution in [0, 0.1) is 0 Å². The topological polar surface area (TPSA) is 59.3 Å². The minimum atomic E-state index is -4.58. The number of hydrogen-bond donors (Lipinski definition) is 1. The quantitative estimate of drug-likeness (QED) is 0.568. The number of fused-ring (bicyclic) bond motifs is 1. The summed E-state index contributed by atoms with van der Waals surface area (Å²) in [6, 6.07) is 5.56. The van der Waals surface area contributed by atoms with Crippen LogP contribution in [0.15, 0.2) is 36.5 Å². The Labute approximate surface area is 171 Å². The molecule has 0 unspecified atom stereocenters. The van der Waals surface area contributed by atoms with Crippen LogP contribution >= 0.6 is 34.8 Å². The summed E-state index contributed by atoms with van der Waals surface area (Å²) >= 11 is 17.7. The van der Waals surface area contributed by atoms with E-state index < -0.39 is 17.6 Å². The molecule has 0 aliphatic heterocycles. The summed E-state index contributed by atoms with van der Waals surface area (Å²) in [6.07, 6.45) is -1.05. The van der Waals surface area contributed by atoms with Gasteiger partial charge in [-0.25, -0.2) is 0 Å². The molecule has 146 valence electrons. The molecule has 3 rings (SSSR count). The molecule has 2 aromatic heterocycles. The second-order valence-corrected chi connectivity index (χ2v) is 6.85. The SMILES string of the molecule is O=C(/C=C/c1ccc(Cl)cc1Cl)NCc1nnc2c(Cl)cc(C(F)(F)F)cn12. The van der Waals surface area contributed by atoms with E-state index in [0.717, 1.165) is 16.7 Å². The summed E-state index contributed by atoms with van der Waals surface area (Å²) in [5, 5.41) is 10.7. The van der Waals surface area contributed by atoms with Crippen LogP contribution in [0.25, 0.3) is 11.7 Å². The summed E-state index contributed by atoms with van der Waals surface area (Å²) in [6.45, 7) is -0.156. The lowest BCUT2D eigenvalue weighted by Gasteiger charge is -2.09. The molecule has 0 bridgehead atoms. The van der Waals surface area contributed by atoms with Gasteiger partial charge in [-0.3, -0.25) is 9.20 Å². The van der Waals surface area contributed by atoms with Gasteiger partial charge in [-0.1, -0.05) is 40.9 Å². The van der Waals surface area contributed by atoms with Crippen LogP contribution in [-0.4, -0.2) is 20.5 Å². The third-order valence-electron chi connectivity index (χ3n) is 3.66. The molecule has 3 aromatic rings. The van der Waals surface area contributed by atoms with Gasteiger partial charge >= 0.3 is 6.18 Å². The molecule has 0 saturated heterocycles. The number of hydrogen-bond acceptors (Lipinski definition) is 3. The van der Waals surface area contributed by atoms with Crippen LogP contribution in [0.3, 0.4) is 0 Å². The molecule has 0 saturated carbocycles. The van der Waals surface area contributed by atoms with Gasteiger partial charge in [0.15, 0.2) is 11.5 Å². The highest BCUT2D eigenvalue weighted by molar-refractivity contribution is 6.35. The summed E-state index contributed by atoms with van der Waals surface area (Å²) in [4.78, 5) is 12.0. The fourth-order valence-electron chi connectivity index (χ4n) is 2.30. The van der Waals surface area contributed by atoms with Crippen LogP contribution in [0.1, 0.15) is 17.0 Å². The Balaban J connectivity index is 1.75. The summed E-state index contributed by atoms with van der Waals surface area (Å²) in [5.74, 6) is -0.407. The van der Waals surface area contributed by atoms with Gasteiger partial charge in [0.1, 0.15) is 0 Å². The van der Waals surface area contributed by atoms with E-state index in [1.165, 1.54) is 18.2 Å². The minimum absolute atomic E-state index is 0.0578. The first-order valence-corrected chi connectivity index (χ1v) is 8.80. The molecule has 5 nitrogen and oxygen atoms in total. The van der Waals surface area contributed by atoms with Crippen molar-refractivity contribution in [2.45, 2.75) is 12.7 Å². The van der Waals surface area contributed by atoms with E-state index in [1.807, 2.05) is 0 Å². The highest BCUT2D eigenvalue weighted by Crippen LogP contribution is 2.32. The van der Waals surface area contributed by atoms with Gasteiger partial charge in [-0.15, -0.1) is 10.2 Å². The van der Waals surface area contributed by atoms with Gasteiger partial charge in [-0.05, 0) is 29.8 Å². The number of nitrogens with one attached hydrogen (secondary N) is 1. The Bertz CT molecular complexity index is 1080. The monoisotopic (exact) mass is 448 g/mol. The molecule has 0 atom stereocenters. The van der Waals surface area contributed by atoms with Crippen LogP contribution in [0.4, 0.5) is 13.2 Å². The molecular weight excluding hydrogens is 440 g/mol. The first kappa shape index (κ1) is 20.4. The van der Waals surface area contributed by atoms with Gasteiger partial charge in [0.2, 0.25) is 5.91 Å². The minimum Gasteiger partial charge on any atom is -0.345 e. The zero-order valence-corrected chi connectivity index (χ0v) is 16.0. The van der Waals surface area contributed by atoms with Crippen molar-refractivity contribution in [1.82, 2.24) is 19.9 Å². The van der Waals surface area contributed by atoms with Crippen molar-refractivity contribution >= 4 is 52.4 Å². The molecule has 0 aliphatic rings. The number of rotatable bonds is 4. The zero-order chi connectivity index (χ0) is 20.5. The maximum absolute atomic E-state index is 13.0. The van der Waals surface area contributed by atoms with Crippen molar-refractivity contribution in [3.8, 4) is 0 Å². The maximum Gasteiger partial charge on any atom is 0.417 e. The lowest BCUT2D eigenvalue weighted by atomic mass is 10.2. The molecule has 1 amide bonds. The highest BCUT2D eigenvalue weighted by Gasteiger charge is 2.32. The molecule has 1 N–H and O–H groups in total. The molecule has 28 heavy (non-hydrogen) atoms. The third kappa shape index (κ3) is 4.57. The van der Waals surface area contributed by atoms with Gasteiger partial charge in [0, 0.05) is 22.3 Å². The summed E-state index contributed by atoms with van der Waals surface area (Å²) in [5.41, 5.74) is -0.312. The van der Waals surface area contributed by atoms with Crippen molar-refractivity contribution in [1.29, 1.82) is 0 Å². The smallest absolute Gasteiger partial charge is 0.345 e. The molecule has 0 spiro atoms. The van der Waals surface area contributed by atoms with Crippen LogP contribution < -0.4 is 5.32 Å². The van der Waals surface area contributed by atoms with Gasteiger partial charge < -0.3 is 5.32 Å². The van der Waals surface area contributed by atoms with Crippen LogP contribution in [0.2, 0.25) is 15.1 Å². The molecule has 0 aliphatic carbocycles. The number of pyridine rings is 1. The number of nitrogens with zero attached hydrogens (tertiary/aromatic N) is 3. The predicted molar refractivity (Wildman–Crippen MR) is 100 cm³/mol. The largest absolute Gasteiger partial charge is 0.417 e. The number of carbonyl (C=O) groups excluding carboxylic acids is 1. The lowest BCUT2D eigenvalue weighted by molar-refractivity contribution is -0.137. The Kier molecular flexibility index (Phi) is 5.83. The number of benzene rings is 1. The van der Waals surface area contributed by atoms with E-state index in [4.69, 9.17) is 34.8 Å². The van der Waals surface area contributed by atoms with E-state index in [0.29, 0.717) is 15.6 Å². The number of carbonyl (C=O) groups is 1. The second kappa shape index (κ2) is 7.98. The third-order valence-corrected chi connectivity index (χ3v) is 4.50. The van der Waals surface area contributed by atoms with Crippen molar-refractivity contribution in [2.24, 2.45) is 0 Å².